The zero-order valence-corrected chi connectivity index (χ0v) is 10.0. The van der Waals surface area contributed by atoms with E-state index in [-0.39, 0.29) is 0 Å². The summed E-state index contributed by atoms with van der Waals surface area (Å²) in [6, 6.07) is 12.6. The molecule has 86 valence electrons. The average molecular weight is 247 g/mol. The summed E-state index contributed by atoms with van der Waals surface area (Å²) >= 11 is 5.92. The van der Waals surface area contributed by atoms with Crippen molar-refractivity contribution in [2.75, 3.05) is 0 Å². The van der Waals surface area contributed by atoms with Gasteiger partial charge in [-0.3, -0.25) is 0 Å². The third kappa shape index (κ3) is 2.32. The fraction of sp³-hybridized carbons (Fsp3) is 0.0714. The standard InChI is InChI=1S/C14H11ClO2/c1-9-4-2-7-12(13(9)14(16)17)10-5-3-6-11(15)8-10/h2-8H,1H3,(H,16,17). The summed E-state index contributed by atoms with van der Waals surface area (Å²) in [5, 5.41) is 9.84. The minimum atomic E-state index is -0.918. The van der Waals surface area contributed by atoms with Gasteiger partial charge in [-0.25, -0.2) is 4.79 Å². The summed E-state index contributed by atoms with van der Waals surface area (Å²) in [5.74, 6) is -0.918. The molecule has 0 spiro atoms. The van der Waals surface area contributed by atoms with E-state index in [1.54, 1.807) is 31.2 Å². The Kier molecular flexibility index (Phi) is 3.16. The Morgan fingerprint density at radius 2 is 1.88 bits per heavy atom. The fourth-order valence-corrected chi connectivity index (χ4v) is 2.04. The number of aryl methyl sites for hydroxylation is 1. The van der Waals surface area contributed by atoms with Crippen molar-refractivity contribution in [3.05, 3.63) is 58.6 Å². The van der Waals surface area contributed by atoms with Crippen LogP contribution in [0.4, 0.5) is 0 Å². The van der Waals surface area contributed by atoms with E-state index < -0.39 is 5.97 Å². The molecule has 0 amide bonds. The number of rotatable bonds is 2. The van der Waals surface area contributed by atoms with Crippen molar-refractivity contribution >= 4 is 17.6 Å². The molecule has 0 saturated heterocycles. The molecule has 2 rings (SSSR count). The van der Waals surface area contributed by atoms with Gasteiger partial charge in [-0.1, -0.05) is 41.9 Å². The maximum Gasteiger partial charge on any atom is 0.336 e. The highest BCUT2D eigenvalue weighted by atomic mass is 35.5. The lowest BCUT2D eigenvalue weighted by Gasteiger charge is -2.09. The van der Waals surface area contributed by atoms with Crippen LogP contribution >= 0.6 is 11.6 Å². The minimum absolute atomic E-state index is 0.328. The predicted octanol–water partition coefficient (Wildman–Crippen LogP) is 4.01. The molecule has 1 N–H and O–H groups in total. The number of halogens is 1. The summed E-state index contributed by atoms with van der Waals surface area (Å²) in [4.78, 5) is 11.3. The molecule has 17 heavy (non-hydrogen) atoms. The van der Waals surface area contributed by atoms with E-state index in [9.17, 15) is 9.90 Å². The number of hydrogen-bond donors (Lipinski definition) is 1. The summed E-state index contributed by atoms with van der Waals surface area (Å²) in [6.07, 6.45) is 0. The van der Waals surface area contributed by atoms with Crippen LogP contribution in [-0.4, -0.2) is 11.1 Å². The molecule has 0 aliphatic rings. The third-order valence-electron chi connectivity index (χ3n) is 2.62. The number of aromatic carboxylic acids is 1. The van der Waals surface area contributed by atoms with E-state index in [1.807, 2.05) is 18.2 Å². The first-order valence-electron chi connectivity index (χ1n) is 5.18. The molecule has 2 aromatic carbocycles. The molecule has 0 aliphatic heterocycles. The zero-order chi connectivity index (χ0) is 12.4. The largest absolute Gasteiger partial charge is 0.478 e. The normalized spacial score (nSPS) is 10.2. The molecule has 0 saturated carbocycles. The Bertz CT molecular complexity index is 576. The number of benzene rings is 2. The van der Waals surface area contributed by atoms with Gasteiger partial charge in [0.15, 0.2) is 0 Å². The Labute approximate surface area is 104 Å². The zero-order valence-electron chi connectivity index (χ0n) is 9.27. The summed E-state index contributed by atoms with van der Waals surface area (Å²) in [7, 11) is 0. The van der Waals surface area contributed by atoms with Gasteiger partial charge in [-0.15, -0.1) is 0 Å². The minimum Gasteiger partial charge on any atom is -0.478 e. The molecular formula is C14H11ClO2. The quantitative estimate of drug-likeness (QED) is 0.869. The summed E-state index contributed by atoms with van der Waals surface area (Å²) in [6.45, 7) is 1.79. The van der Waals surface area contributed by atoms with Crippen LogP contribution in [0.3, 0.4) is 0 Å². The second-order valence-electron chi connectivity index (χ2n) is 3.81. The van der Waals surface area contributed by atoms with Gasteiger partial charge < -0.3 is 5.11 Å². The molecule has 0 unspecified atom stereocenters. The molecule has 0 bridgehead atoms. The van der Waals surface area contributed by atoms with Crippen molar-refractivity contribution in [3.63, 3.8) is 0 Å². The van der Waals surface area contributed by atoms with Gasteiger partial charge in [0.05, 0.1) is 5.56 Å². The second-order valence-corrected chi connectivity index (χ2v) is 4.25. The summed E-state index contributed by atoms with van der Waals surface area (Å²) < 4.78 is 0. The lowest BCUT2D eigenvalue weighted by molar-refractivity contribution is 0.0697. The monoisotopic (exact) mass is 246 g/mol. The van der Waals surface area contributed by atoms with Crippen molar-refractivity contribution in [1.82, 2.24) is 0 Å². The highest BCUT2D eigenvalue weighted by Crippen LogP contribution is 2.28. The third-order valence-corrected chi connectivity index (χ3v) is 2.86. The van der Waals surface area contributed by atoms with E-state index in [0.717, 1.165) is 11.1 Å². The maximum atomic E-state index is 11.3. The number of carbonyl (C=O) groups is 1. The van der Waals surface area contributed by atoms with Crippen LogP contribution < -0.4 is 0 Å². The Morgan fingerprint density at radius 1 is 1.18 bits per heavy atom. The van der Waals surface area contributed by atoms with Crippen LogP contribution in [-0.2, 0) is 0 Å². The van der Waals surface area contributed by atoms with E-state index in [4.69, 9.17) is 11.6 Å². The first-order chi connectivity index (χ1) is 8.09. The Hall–Kier alpha value is -1.80. The number of hydrogen-bond acceptors (Lipinski definition) is 1. The molecule has 0 aliphatic carbocycles. The SMILES string of the molecule is Cc1cccc(-c2cccc(Cl)c2)c1C(=O)O. The molecule has 2 aromatic rings. The average Bonchev–Trinajstić information content (AvgIpc) is 2.28. The number of carboxylic acid groups (broad SMARTS) is 1. The van der Waals surface area contributed by atoms with Gasteiger partial charge in [0, 0.05) is 5.02 Å². The van der Waals surface area contributed by atoms with Crippen molar-refractivity contribution < 1.29 is 9.90 Å². The van der Waals surface area contributed by atoms with E-state index in [0.29, 0.717) is 16.1 Å². The molecule has 2 nitrogen and oxygen atoms in total. The molecule has 0 heterocycles. The number of carboxylic acids is 1. The van der Waals surface area contributed by atoms with Gasteiger partial charge in [0.2, 0.25) is 0 Å². The van der Waals surface area contributed by atoms with Gasteiger partial charge in [0.1, 0.15) is 0 Å². The lowest BCUT2D eigenvalue weighted by Crippen LogP contribution is -2.02. The van der Waals surface area contributed by atoms with Crippen LogP contribution in [0.5, 0.6) is 0 Å². The van der Waals surface area contributed by atoms with Crippen LogP contribution in [0.25, 0.3) is 11.1 Å². The van der Waals surface area contributed by atoms with Gasteiger partial charge in [-0.2, -0.15) is 0 Å². The molecule has 0 aromatic heterocycles. The predicted molar refractivity (Wildman–Crippen MR) is 68.6 cm³/mol. The van der Waals surface area contributed by atoms with Crippen molar-refractivity contribution in [1.29, 1.82) is 0 Å². The maximum absolute atomic E-state index is 11.3. The molecular weight excluding hydrogens is 236 g/mol. The van der Waals surface area contributed by atoms with Crippen molar-refractivity contribution in [2.45, 2.75) is 6.92 Å². The highest BCUT2D eigenvalue weighted by Gasteiger charge is 2.14. The first-order valence-corrected chi connectivity index (χ1v) is 5.56. The van der Waals surface area contributed by atoms with E-state index >= 15 is 0 Å². The van der Waals surface area contributed by atoms with Gasteiger partial charge in [-0.05, 0) is 35.7 Å². The molecule has 3 heteroatoms. The lowest BCUT2D eigenvalue weighted by atomic mass is 9.96. The molecule has 0 fully saturated rings. The highest BCUT2D eigenvalue weighted by molar-refractivity contribution is 6.30. The fourth-order valence-electron chi connectivity index (χ4n) is 1.85. The van der Waals surface area contributed by atoms with E-state index in [2.05, 4.69) is 0 Å². The van der Waals surface area contributed by atoms with E-state index in [1.165, 1.54) is 0 Å². The first kappa shape index (κ1) is 11.7. The topological polar surface area (TPSA) is 37.3 Å². The van der Waals surface area contributed by atoms with Gasteiger partial charge in [0.25, 0.3) is 0 Å². The van der Waals surface area contributed by atoms with Crippen LogP contribution in [0.1, 0.15) is 15.9 Å². The smallest absolute Gasteiger partial charge is 0.336 e. The Morgan fingerprint density at radius 3 is 2.53 bits per heavy atom. The van der Waals surface area contributed by atoms with Gasteiger partial charge >= 0.3 is 5.97 Å². The molecule has 0 atom stereocenters. The van der Waals surface area contributed by atoms with Crippen LogP contribution in [0.15, 0.2) is 42.5 Å². The Balaban J connectivity index is 2.67. The van der Waals surface area contributed by atoms with Crippen LogP contribution in [0.2, 0.25) is 5.02 Å². The van der Waals surface area contributed by atoms with Crippen LogP contribution in [0, 0.1) is 6.92 Å². The van der Waals surface area contributed by atoms with Crippen molar-refractivity contribution in [2.24, 2.45) is 0 Å². The second kappa shape index (κ2) is 4.60. The van der Waals surface area contributed by atoms with Crippen molar-refractivity contribution in [3.8, 4) is 11.1 Å². The molecule has 0 radical (unpaired) electrons. The summed E-state index contributed by atoms with van der Waals surface area (Å²) in [5.41, 5.74) is 2.59.